The van der Waals surface area contributed by atoms with Crippen LogP contribution in [0.5, 0.6) is 11.5 Å². The van der Waals surface area contributed by atoms with Gasteiger partial charge in [-0.15, -0.1) is 4.99 Å². The smallest absolute Gasteiger partial charge is 0.342 e. The number of phenols is 2. The molecule has 0 bridgehead atoms. The fourth-order valence-electron chi connectivity index (χ4n) is 3.16. The first-order valence-electron chi connectivity index (χ1n) is 10.5. The summed E-state index contributed by atoms with van der Waals surface area (Å²) in [7, 11) is 0. The van der Waals surface area contributed by atoms with Gasteiger partial charge in [0.25, 0.3) is 0 Å². The van der Waals surface area contributed by atoms with Gasteiger partial charge in [-0.2, -0.15) is 5.48 Å². The van der Waals surface area contributed by atoms with Crippen LogP contribution in [-0.2, 0) is 25.8 Å². The number of Topliss-reactive ketones (excluding diaryl/α,β-unsaturated/α-hetero) is 1. The minimum atomic E-state index is -0.803. The predicted molar refractivity (Wildman–Crippen MR) is 115 cm³/mol. The van der Waals surface area contributed by atoms with Crippen molar-refractivity contribution in [3.8, 4) is 11.5 Å². The highest BCUT2D eigenvalue weighted by molar-refractivity contribution is 6.33. The number of carbonyl (C=O) groups excluding carboxylic acids is 2. The molecule has 2 atom stereocenters. The van der Waals surface area contributed by atoms with Crippen molar-refractivity contribution in [2.45, 2.75) is 70.9 Å². The lowest BCUT2D eigenvalue weighted by molar-refractivity contribution is -0.343. The Balaban J connectivity index is 2.25. The zero-order valence-corrected chi connectivity index (χ0v) is 18.6. The van der Waals surface area contributed by atoms with E-state index in [4.69, 9.17) is 26.2 Å². The van der Waals surface area contributed by atoms with Crippen LogP contribution in [0.15, 0.2) is 18.2 Å². The second-order valence-electron chi connectivity index (χ2n) is 7.58. The number of hydrogen-bond acceptors (Lipinski definition) is 8. The monoisotopic (exact) mass is 455 g/mol. The van der Waals surface area contributed by atoms with Crippen LogP contribution in [0.1, 0.15) is 68.3 Å². The molecular weight excluding hydrogens is 426 g/mol. The molecule has 1 heterocycles. The summed E-state index contributed by atoms with van der Waals surface area (Å²) >= 11 is 6.18. The SMILES string of the molecule is CCCCOONC1CC/C=C/C[C@@H](C)OC(=O)c2c(O)cc(O)c(Cl)c2CC(=O)C1. The summed E-state index contributed by atoms with van der Waals surface area (Å²) in [6.45, 7) is 4.20. The van der Waals surface area contributed by atoms with E-state index >= 15 is 0 Å². The highest BCUT2D eigenvalue weighted by Crippen LogP contribution is 2.37. The molecule has 0 saturated carbocycles. The van der Waals surface area contributed by atoms with Crippen LogP contribution in [0.3, 0.4) is 0 Å². The van der Waals surface area contributed by atoms with Gasteiger partial charge in [0.1, 0.15) is 28.9 Å². The molecule has 0 amide bonds. The summed E-state index contributed by atoms with van der Waals surface area (Å²) in [6.07, 6.45) is 6.81. The van der Waals surface area contributed by atoms with Crippen LogP contribution in [0.25, 0.3) is 0 Å². The second-order valence-corrected chi connectivity index (χ2v) is 7.95. The summed E-state index contributed by atoms with van der Waals surface area (Å²) in [6, 6.07) is 0.631. The van der Waals surface area contributed by atoms with Gasteiger partial charge >= 0.3 is 5.97 Å². The molecule has 0 spiro atoms. The normalized spacial score (nSPS) is 21.8. The molecule has 0 aromatic heterocycles. The average molecular weight is 456 g/mol. The largest absolute Gasteiger partial charge is 0.507 e. The van der Waals surface area contributed by atoms with Crippen molar-refractivity contribution < 1.29 is 34.4 Å². The molecule has 0 aliphatic carbocycles. The van der Waals surface area contributed by atoms with Crippen molar-refractivity contribution in [3.05, 3.63) is 34.4 Å². The third kappa shape index (κ3) is 7.81. The molecule has 31 heavy (non-hydrogen) atoms. The first kappa shape index (κ1) is 25.1. The molecule has 172 valence electrons. The molecule has 8 nitrogen and oxygen atoms in total. The van der Waals surface area contributed by atoms with Gasteiger partial charge in [-0.05, 0) is 26.2 Å². The zero-order chi connectivity index (χ0) is 22.8. The number of carbonyl (C=O) groups is 2. The Morgan fingerprint density at radius 1 is 1.26 bits per heavy atom. The Morgan fingerprint density at radius 2 is 2.03 bits per heavy atom. The van der Waals surface area contributed by atoms with E-state index in [-0.39, 0.29) is 40.8 Å². The molecule has 0 fully saturated rings. The van der Waals surface area contributed by atoms with Crippen LogP contribution < -0.4 is 5.48 Å². The minimum absolute atomic E-state index is 0.0350. The Labute approximate surface area is 187 Å². The number of esters is 1. The van der Waals surface area contributed by atoms with Crippen LogP contribution in [0.4, 0.5) is 0 Å². The second kappa shape index (κ2) is 12.7. The van der Waals surface area contributed by atoms with Gasteiger partial charge in [0.05, 0.1) is 11.6 Å². The van der Waals surface area contributed by atoms with Crippen LogP contribution in [0.2, 0.25) is 5.02 Å². The van der Waals surface area contributed by atoms with Gasteiger partial charge in [-0.3, -0.25) is 4.79 Å². The number of fused-ring (bicyclic) bond motifs is 1. The highest BCUT2D eigenvalue weighted by atomic mass is 35.5. The van der Waals surface area contributed by atoms with Gasteiger partial charge in [0, 0.05) is 36.9 Å². The summed E-state index contributed by atoms with van der Waals surface area (Å²) in [5, 5.41) is 20.1. The summed E-state index contributed by atoms with van der Waals surface area (Å²) < 4.78 is 5.39. The third-order valence-electron chi connectivity index (χ3n) is 4.85. The van der Waals surface area contributed by atoms with E-state index in [0.717, 1.165) is 18.9 Å². The Bertz CT molecular complexity index is 797. The van der Waals surface area contributed by atoms with E-state index < -0.39 is 23.6 Å². The number of ether oxygens (including phenoxy) is 1. The predicted octanol–water partition coefficient (Wildman–Crippen LogP) is 4.16. The van der Waals surface area contributed by atoms with Crippen molar-refractivity contribution in [1.29, 1.82) is 0 Å². The average Bonchev–Trinajstić information content (AvgIpc) is 2.70. The Morgan fingerprint density at radius 3 is 2.77 bits per heavy atom. The number of allylic oxidation sites excluding steroid dienone is 1. The first-order chi connectivity index (χ1) is 14.8. The lowest BCUT2D eigenvalue weighted by Gasteiger charge is -2.19. The van der Waals surface area contributed by atoms with Crippen LogP contribution in [-0.4, -0.2) is 40.7 Å². The fraction of sp³-hybridized carbons (Fsp3) is 0.545. The Hall–Kier alpha value is -2.13. The maximum Gasteiger partial charge on any atom is 0.342 e. The van der Waals surface area contributed by atoms with E-state index in [1.54, 1.807) is 6.92 Å². The van der Waals surface area contributed by atoms with E-state index in [1.807, 2.05) is 19.1 Å². The van der Waals surface area contributed by atoms with E-state index in [0.29, 0.717) is 25.9 Å². The Kier molecular flexibility index (Phi) is 10.3. The number of phenolic OH excluding ortho intramolecular Hbond substituents is 2. The molecule has 1 unspecified atom stereocenters. The molecule has 9 heteroatoms. The molecule has 1 aliphatic heterocycles. The number of halogens is 1. The molecule has 0 saturated heterocycles. The maximum absolute atomic E-state index is 12.8. The number of ketones is 1. The summed E-state index contributed by atoms with van der Waals surface area (Å²) in [5.41, 5.74) is 2.59. The van der Waals surface area contributed by atoms with Gasteiger partial charge < -0.3 is 14.9 Å². The number of benzene rings is 1. The number of hydroxylamine groups is 1. The number of aromatic hydroxyl groups is 2. The molecule has 1 aromatic rings. The number of nitrogens with one attached hydrogen (secondary N) is 1. The lowest BCUT2D eigenvalue weighted by Crippen LogP contribution is -2.32. The topological polar surface area (TPSA) is 114 Å². The number of rotatable bonds is 6. The molecule has 0 radical (unpaired) electrons. The first-order valence-corrected chi connectivity index (χ1v) is 10.9. The van der Waals surface area contributed by atoms with Crippen LogP contribution in [0, 0.1) is 0 Å². The zero-order valence-electron chi connectivity index (χ0n) is 17.9. The van der Waals surface area contributed by atoms with Crippen molar-refractivity contribution in [1.82, 2.24) is 5.48 Å². The number of cyclic esters (lactones) is 1. The fourth-order valence-corrected chi connectivity index (χ4v) is 3.38. The summed E-state index contributed by atoms with van der Waals surface area (Å²) in [5.74, 6) is -1.97. The third-order valence-corrected chi connectivity index (χ3v) is 5.27. The highest BCUT2D eigenvalue weighted by Gasteiger charge is 2.27. The minimum Gasteiger partial charge on any atom is -0.507 e. The lowest BCUT2D eigenvalue weighted by atomic mass is 9.96. The van der Waals surface area contributed by atoms with Gasteiger partial charge in [0.15, 0.2) is 0 Å². The molecule has 2 rings (SSSR count). The maximum atomic E-state index is 12.8. The van der Waals surface area contributed by atoms with Crippen molar-refractivity contribution in [2.75, 3.05) is 6.61 Å². The van der Waals surface area contributed by atoms with Gasteiger partial charge in [-0.1, -0.05) is 37.1 Å². The van der Waals surface area contributed by atoms with Crippen molar-refractivity contribution in [3.63, 3.8) is 0 Å². The summed E-state index contributed by atoms with van der Waals surface area (Å²) in [4.78, 5) is 35.6. The molecular formula is C22H30ClNO7. The van der Waals surface area contributed by atoms with Gasteiger partial charge in [-0.25, -0.2) is 9.68 Å². The van der Waals surface area contributed by atoms with E-state index in [9.17, 15) is 19.8 Å². The van der Waals surface area contributed by atoms with E-state index in [1.165, 1.54) is 0 Å². The van der Waals surface area contributed by atoms with Crippen molar-refractivity contribution in [2.24, 2.45) is 0 Å². The standard InChI is InChI=1S/C22H30ClNO7/c1-3-4-10-29-31-24-15-9-7-5-6-8-14(2)30-22(28)20-17(12-16(25)11-15)21(23)19(27)13-18(20)26/h5-6,13-15,24,26-27H,3-4,7-12H2,1-2H3/b6-5+/t14-,15?/m1/s1. The number of hydrogen-bond donors (Lipinski definition) is 3. The quantitative estimate of drug-likeness (QED) is 0.192. The molecule has 1 aromatic carbocycles. The van der Waals surface area contributed by atoms with E-state index in [2.05, 4.69) is 5.48 Å². The molecule has 3 N–H and O–H groups in total. The van der Waals surface area contributed by atoms with Crippen LogP contribution >= 0.6 is 11.6 Å². The number of unbranched alkanes of at least 4 members (excludes halogenated alkanes) is 1. The van der Waals surface area contributed by atoms with Crippen molar-refractivity contribution >= 4 is 23.4 Å². The van der Waals surface area contributed by atoms with Gasteiger partial charge in [0.2, 0.25) is 0 Å². The molecule has 1 aliphatic rings.